The molecule has 3 heteroatoms. The third-order valence-corrected chi connectivity index (χ3v) is 4.38. The van der Waals surface area contributed by atoms with E-state index in [0.717, 1.165) is 25.6 Å². The van der Waals surface area contributed by atoms with Crippen molar-refractivity contribution in [2.75, 3.05) is 26.2 Å². The molecule has 0 spiro atoms. The molecular weight excluding hydrogens is 224 g/mol. The number of amides is 1. The summed E-state index contributed by atoms with van der Waals surface area (Å²) in [5.41, 5.74) is 0.116. The van der Waals surface area contributed by atoms with Crippen LogP contribution < -0.4 is 0 Å². The van der Waals surface area contributed by atoms with Crippen molar-refractivity contribution in [1.29, 1.82) is 0 Å². The predicted octanol–water partition coefficient (Wildman–Crippen LogP) is 2.29. The standard InChI is InChI=1S/C15H26N2O/c1-13(18)16-9-10-17(15(2,3)12-16)11-14-7-5-4-6-8-14/h4-5,14H,6-12H2,1-3H3/t14-/m0/s1. The van der Waals surface area contributed by atoms with Crippen LogP contribution in [0, 0.1) is 5.92 Å². The second kappa shape index (κ2) is 5.43. The molecule has 2 rings (SSSR count). The average Bonchev–Trinajstić information content (AvgIpc) is 2.32. The van der Waals surface area contributed by atoms with Crippen molar-refractivity contribution < 1.29 is 4.79 Å². The highest BCUT2D eigenvalue weighted by atomic mass is 16.2. The fraction of sp³-hybridized carbons (Fsp3) is 0.800. The Hall–Kier alpha value is -0.830. The minimum Gasteiger partial charge on any atom is -0.340 e. The van der Waals surface area contributed by atoms with Gasteiger partial charge in [0.05, 0.1) is 0 Å². The van der Waals surface area contributed by atoms with Gasteiger partial charge in [-0.25, -0.2) is 0 Å². The van der Waals surface area contributed by atoms with Gasteiger partial charge in [0.25, 0.3) is 0 Å². The highest BCUT2D eigenvalue weighted by Crippen LogP contribution is 2.26. The van der Waals surface area contributed by atoms with Crippen LogP contribution >= 0.6 is 0 Å². The molecule has 1 amide bonds. The number of nitrogens with zero attached hydrogens (tertiary/aromatic N) is 2. The molecule has 1 saturated heterocycles. The van der Waals surface area contributed by atoms with Gasteiger partial charge >= 0.3 is 0 Å². The quantitative estimate of drug-likeness (QED) is 0.702. The van der Waals surface area contributed by atoms with Crippen molar-refractivity contribution in [1.82, 2.24) is 9.80 Å². The molecule has 0 N–H and O–H groups in total. The molecule has 0 aromatic carbocycles. The molecule has 0 unspecified atom stereocenters. The summed E-state index contributed by atoms with van der Waals surface area (Å²) in [4.78, 5) is 16.0. The zero-order valence-corrected chi connectivity index (χ0v) is 12.0. The SMILES string of the molecule is CC(=O)N1CCN(C[C@H]2CC=CCC2)C(C)(C)C1. The summed E-state index contributed by atoms with van der Waals surface area (Å²) in [6.07, 6.45) is 8.41. The zero-order chi connectivity index (χ0) is 13.2. The molecule has 1 heterocycles. The van der Waals surface area contributed by atoms with E-state index in [2.05, 4.69) is 30.9 Å². The summed E-state index contributed by atoms with van der Waals surface area (Å²) in [5.74, 6) is 1.02. The normalized spacial score (nSPS) is 28.4. The highest BCUT2D eigenvalue weighted by molar-refractivity contribution is 5.73. The van der Waals surface area contributed by atoms with Crippen molar-refractivity contribution in [2.45, 2.75) is 45.6 Å². The predicted molar refractivity (Wildman–Crippen MR) is 74.4 cm³/mol. The Morgan fingerprint density at radius 2 is 2.11 bits per heavy atom. The van der Waals surface area contributed by atoms with E-state index in [4.69, 9.17) is 0 Å². The van der Waals surface area contributed by atoms with Gasteiger partial charge in [0.1, 0.15) is 0 Å². The first-order chi connectivity index (χ1) is 8.49. The van der Waals surface area contributed by atoms with Gasteiger partial charge in [-0.15, -0.1) is 0 Å². The van der Waals surface area contributed by atoms with E-state index >= 15 is 0 Å². The summed E-state index contributed by atoms with van der Waals surface area (Å²) in [6.45, 7) is 10.2. The second-order valence-electron chi connectivity index (χ2n) is 6.35. The molecule has 3 nitrogen and oxygen atoms in total. The topological polar surface area (TPSA) is 23.6 Å². The second-order valence-corrected chi connectivity index (χ2v) is 6.35. The van der Waals surface area contributed by atoms with E-state index in [9.17, 15) is 4.79 Å². The van der Waals surface area contributed by atoms with Gasteiger partial charge in [-0.2, -0.15) is 0 Å². The maximum absolute atomic E-state index is 11.5. The lowest BCUT2D eigenvalue weighted by Crippen LogP contribution is -2.60. The molecule has 18 heavy (non-hydrogen) atoms. The van der Waals surface area contributed by atoms with Crippen LogP contribution in [0.15, 0.2) is 12.2 Å². The third-order valence-electron chi connectivity index (χ3n) is 4.38. The van der Waals surface area contributed by atoms with Crippen LogP contribution in [0.25, 0.3) is 0 Å². The Bertz CT molecular complexity index is 335. The van der Waals surface area contributed by atoms with Crippen LogP contribution in [0.4, 0.5) is 0 Å². The summed E-state index contributed by atoms with van der Waals surface area (Å²) >= 11 is 0. The summed E-state index contributed by atoms with van der Waals surface area (Å²) in [7, 11) is 0. The molecule has 1 aliphatic carbocycles. The molecule has 1 aliphatic heterocycles. The van der Waals surface area contributed by atoms with E-state index < -0.39 is 0 Å². The van der Waals surface area contributed by atoms with Gasteiger partial charge in [-0.3, -0.25) is 9.69 Å². The van der Waals surface area contributed by atoms with E-state index in [1.54, 1.807) is 6.92 Å². The van der Waals surface area contributed by atoms with E-state index in [1.807, 2.05) is 4.90 Å². The number of hydrogen-bond donors (Lipinski definition) is 0. The van der Waals surface area contributed by atoms with Crippen LogP contribution in [0.1, 0.15) is 40.0 Å². The summed E-state index contributed by atoms with van der Waals surface area (Å²) in [5, 5.41) is 0. The molecule has 1 atom stereocenters. The fourth-order valence-electron chi connectivity index (χ4n) is 3.13. The molecule has 0 radical (unpaired) electrons. The first kappa shape index (κ1) is 13.6. The smallest absolute Gasteiger partial charge is 0.219 e. The number of piperazine rings is 1. The van der Waals surface area contributed by atoms with Crippen LogP contribution in [0.5, 0.6) is 0 Å². The molecular formula is C15H26N2O. The first-order valence-corrected chi connectivity index (χ1v) is 7.14. The minimum atomic E-state index is 0.116. The summed E-state index contributed by atoms with van der Waals surface area (Å²) in [6, 6.07) is 0. The monoisotopic (exact) mass is 250 g/mol. The molecule has 1 fully saturated rings. The maximum atomic E-state index is 11.5. The van der Waals surface area contributed by atoms with Crippen molar-refractivity contribution in [3.8, 4) is 0 Å². The van der Waals surface area contributed by atoms with E-state index in [0.29, 0.717) is 0 Å². The van der Waals surface area contributed by atoms with Crippen LogP contribution in [0.2, 0.25) is 0 Å². The van der Waals surface area contributed by atoms with Crippen LogP contribution in [0.3, 0.4) is 0 Å². The van der Waals surface area contributed by atoms with Crippen molar-refractivity contribution >= 4 is 5.91 Å². The summed E-state index contributed by atoms with van der Waals surface area (Å²) < 4.78 is 0. The Kier molecular flexibility index (Phi) is 4.10. The Labute approximate surface area is 111 Å². The van der Waals surface area contributed by atoms with Gasteiger partial charge in [0.15, 0.2) is 0 Å². The zero-order valence-electron chi connectivity index (χ0n) is 12.0. The Morgan fingerprint density at radius 3 is 2.67 bits per heavy atom. The molecule has 0 bridgehead atoms. The number of allylic oxidation sites excluding steroid dienone is 2. The van der Waals surface area contributed by atoms with Gasteiger partial charge < -0.3 is 4.90 Å². The average molecular weight is 250 g/mol. The number of carbonyl (C=O) groups is 1. The number of rotatable bonds is 2. The maximum Gasteiger partial charge on any atom is 0.219 e. The largest absolute Gasteiger partial charge is 0.340 e. The lowest BCUT2D eigenvalue weighted by Gasteiger charge is -2.48. The van der Waals surface area contributed by atoms with Gasteiger partial charge in [0.2, 0.25) is 5.91 Å². The van der Waals surface area contributed by atoms with E-state index in [-0.39, 0.29) is 11.4 Å². The minimum absolute atomic E-state index is 0.116. The van der Waals surface area contributed by atoms with Gasteiger partial charge in [0, 0.05) is 38.6 Å². The number of carbonyl (C=O) groups excluding carboxylic acids is 1. The Balaban J connectivity index is 1.93. The van der Waals surface area contributed by atoms with Gasteiger partial charge in [-0.1, -0.05) is 12.2 Å². The van der Waals surface area contributed by atoms with Crippen molar-refractivity contribution in [3.05, 3.63) is 12.2 Å². The molecule has 102 valence electrons. The molecule has 2 aliphatic rings. The van der Waals surface area contributed by atoms with Crippen molar-refractivity contribution in [2.24, 2.45) is 5.92 Å². The molecule has 0 saturated carbocycles. The third kappa shape index (κ3) is 3.14. The van der Waals surface area contributed by atoms with Gasteiger partial charge in [-0.05, 0) is 39.0 Å². The first-order valence-electron chi connectivity index (χ1n) is 7.14. The highest BCUT2D eigenvalue weighted by Gasteiger charge is 2.35. The van der Waals surface area contributed by atoms with Crippen molar-refractivity contribution in [3.63, 3.8) is 0 Å². The lowest BCUT2D eigenvalue weighted by atomic mass is 9.90. The lowest BCUT2D eigenvalue weighted by molar-refractivity contribution is -0.134. The van der Waals surface area contributed by atoms with Crippen LogP contribution in [-0.4, -0.2) is 47.4 Å². The van der Waals surface area contributed by atoms with E-state index in [1.165, 1.54) is 25.8 Å². The Morgan fingerprint density at radius 1 is 1.33 bits per heavy atom. The molecule has 0 aromatic rings. The van der Waals surface area contributed by atoms with Crippen LogP contribution in [-0.2, 0) is 4.79 Å². The fourth-order valence-corrected chi connectivity index (χ4v) is 3.13. The number of hydrogen-bond acceptors (Lipinski definition) is 2. The molecule has 0 aromatic heterocycles.